The highest BCUT2D eigenvalue weighted by atomic mass is 19.1. The van der Waals surface area contributed by atoms with Gasteiger partial charge in [-0.25, -0.2) is 18.8 Å². The summed E-state index contributed by atoms with van der Waals surface area (Å²) in [5.41, 5.74) is -3.04. The summed E-state index contributed by atoms with van der Waals surface area (Å²) in [7, 11) is 15.8. The van der Waals surface area contributed by atoms with Crippen molar-refractivity contribution in [3.8, 4) is 0 Å². The number of esters is 2. The third kappa shape index (κ3) is 18.2. The zero-order chi connectivity index (χ0) is 32.7. The van der Waals surface area contributed by atoms with Crippen molar-refractivity contribution >= 4 is 60.8 Å². The number of hydrogen-bond acceptors (Lipinski definition) is 8. The van der Waals surface area contributed by atoms with E-state index in [0.29, 0.717) is 32.5 Å². The fraction of sp³-hybridized carbons (Fsp3) is 0.852. The van der Waals surface area contributed by atoms with Gasteiger partial charge in [0.1, 0.15) is 11.2 Å². The number of nitrogens with zero attached hydrogens (tertiary/aromatic N) is 2. The van der Waals surface area contributed by atoms with E-state index in [1.54, 1.807) is 39.5 Å². The molecule has 0 aromatic rings. The van der Waals surface area contributed by atoms with Crippen LogP contribution in [-0.2, 0) is 28.5 Å². The minimum atomic E-state index is -1.98. The van der Waals surface area contributed by atoms with Crippen LogP contribution in [0.25, 0.3) is 0 Å². The maximum Gasteiger partial charge on any atom is 0.410 e. The fourth-order valence-corrected chi connectivity index (χ4v) is 3.72. The molecule has 0 bridgehead atoms. The first-order chi connectivity index (χ1) is 19.3. The molecule has 2 aliphatic rings. The van der Waals surface area contributed by atoms with Gasteiger partial charge in [-0.05, 0) is 68.2 Å². The number of carbonyl (C=O) groups excluding carboxylic acids is 4. The molecule has 0 aromatic carbocycles. The standard InChI is InChI=1S/C13H22FNO4.C13H23NO4.CH4.B5/c1-5-18-10(16)13(14)6-8-15(9-7-13)11(17)19-12(2,3)4;1-5-17-11(15)10-6-8-14(9-7-10)12(16)18-13(2,3)4;;1-4-5(2)3/h5-9H2,1-4H3;10H,5-9H2,1-4H3;1H4;. The molecular formula is C27H49B5FN2O8. The molecule has 237 valence electrons. The number of hydrogen-bond donors (Lipinski definition) is 0. The first-order valence-electron chi connectivity index (χ1n) is 14.3. The van der Waals surface area contributed by atoms with E-state index in [2.05, 4.69) is 0 Å². The van der Waals surface area contributed by atoms with E-state index in [4.69, 9.17) is 42.2 Å². The second kappa shape index (κ2) is 19.9. The summed E-state index contributed by atoms with van der Waals surface area (Å²) in [4.78, 5) is 49.7. The number of rotatable bonds is 5. The van der Waals surface area contributed by atoms with Gasteiger partial charge in [-0.3, -0.25) is 4.79 Å². The van der Waals surface area contributed by atoms with Gasteiger partial charge in [0.15, 0.2) is 0 Å². The van der Waals surface area contributed by atoms with Gasteiger partial charge < -0.3 is 28.7 Å². The molecule has 43 heavy (non-hydrogen) atoms. The highest BCUT2D eigenvalue weighted by molar-refractivity contribution is 7.60. The fourth-order valence-electron chi connectivity index (χ4n) is 3.72. The lowest BCUT2D eigenvalue weighted by atomic mass is 8.97. The molecule has 2 saturated heterocycles. The first-order valence-corrected chi connectivity index (χ1v) is 14.3. The molecule has 2 fully saturated rings. The van der Waals surface area contributed by atoms with Crippen LogP contribution in [0.1, 0.15) is 88.5 Å². The van der Waals surface area contributed by atoms with E-state index < -0.39 is 35.3 Å². The van der Waals surface area contributed by atoms with Crippen LogP contribution in [-0.4, -0.2) is 127 Å². The maximum atomic E-state index is 14.3. The average Bonchev–Trinajstić information content (AvgIpc) is 2.88. The third-order valence-electron chi connectivity index (χ3n) is 5.84. The van der Waals surface area contributed by atoms with E-state index in [0.717, 1.165) is 0 Å². The topological polar surface area (TPSA) is 112 Å². The number of amides is 2. The van der Waals surface area contributed by atoms with Gasteiger partial charge in [0.25, 0.3) is 0 Å². The highest BCUT2D eigenvalue weighted by Crippen LogP contribution is 2.29. The van der Waals surface area contributed by atoms with Gasteiger partial charge >= 0.3 is 24.1 Å². The van der Waals surface area contributed by atoms with Crippen LogP contribution < -0.4 is 0 Å². The van der Waals surface area contributed by atoms with Crippen molar-refractivity contribution in [1.29, 1.82) is 0 Å². The largest absolute Gasteiger partial charge is 0.466 e. The molecule has 16 heteroatoms. The summed E-state index contributed by atoms with van der Waals surface area (Å²) in [5.74, 6) is -1.07. The first kappa shape index (κ1) is 42.9. The van der Waals surface area contributed by atoms with Crippen molar-refractivity contribution < 1.29 is 42.5 Å². The predicted molar refractivity (Wildman–Crippen MR) is 170 cm³/mol. The lowest BCUT2D eigenvalue weighted by Gasteiger charge is -2.35. The minimum Gasteiger partial charge on any atom is -0.466 e. The molecular weight excluding hydrogens is 553 g/mol. The van der Waals surface area contributed by atoms with Gasteiger partial charge in [0, 0.05) is 75.7 Å². The van der Waals surface area contributed by atoms with E-state index in [1.807, 2.05) is 20.8 Å². The van der Waals surface area contributed by atoms with Crippen LogP contribution in [0.5, 0.6) is 0 Å². The quantitative estimate of drug-likeness (QED) is 0.268. The van der Waals surface area contributed by atoms with Crippen molar-refractivity contribution in [3.63, 3.8) is 0 Å². The molecule has 0 spiro atoms. The molecule has 2 heterocycles. The number of carbonyl (C=O) groups is 4. The van der Waals surface area contributed by atoms with Crippen molar-refractivity contribution in [2.45, 2.75) is 105 Å². The van der Waals surface area contributed by atoms with E-state index in [-0.39, 0.29) is 57.9 Å². The van der Waals surface area contributed by atoms with Gasteiger partial charge in [0.2, 0.25) is 5.67 Å². The van der Waals surface area contributed by atoms with Crippen LogP contribution in [0.15, 0.2) is 0 Å². The molecule has 0 aromatic heterocycles. The Kier molecular flexibility index (Phi) is 19.8. The number of piperidine rings is 2. The summed E-state index contributed by atoms with van der Waals surface area (Å²) < 4.78 is 34.5. The SMILES string of the molecule is C.CCOC(=O)C1(F)CCN(C(=O)OC(C)(C)C)CC1.CCOC(=O)C1CCN(C(=O)OC(C)(C)C)CC1.[B][B]B([B])[B]. The van der Waals surface area contributed by atoms with Crippen molar-refractivity contribution in [1.82, 2.24) is 9.80 Å². The second-order valence-corrected chi connectivity index (χ2v) is 11.9. The Morgan fingerprint density at radius 1 is 0.837 bits per heavy atom. The van der Waals surface area contributed by atoms with E-state index in [1.165, 1.54) is 12.0 Å². The Morgan fingerprint density at radius 2 is 1.21 bits per heavy atom. The molecule has 2 rings (SSSR count). The van der Waals surface area contributed by atoms with Crippen molar-refractivity contribution in [2.24, 2.45) is 5.92 Å². The number of alkyl halides is 1. The lowest BCUT2D eigenvalue weighted by Crippen LogP contribution is -2.50. The van der Waals surface area contributed by atoms with Crippen LogP contribution in [0.4, 0.5) is 14.0 Å². The lowest BCUT2D eigenvalue weighted by molar-refractivity contribution is -0.160. The smallest absolute Gasteiger partial charge is 0.410 e. The molecule has 0 N–H and O–H groups in total. The molecule has 10 nitrogen and oxygen atoms in total. The van der Waals surface area contributed by atoms with Gasteiger partial charge in [-0.1, -0.05) is 7.43 Å². The zero-order valence-corrected chi connectivity index (χ0v) is 26.6. The Bertz CT molecular complexity index is 855. The molecule has 2 aliphatic heterocycles. The number of halogens is 1. The highest BCUT2D eigenvalue weighted by Gasteiger charge is 2.44. The molecule has 0 aliphatic carbocycles. The Hall–Kier alpha value is -2.27. The summed E-state index contributed by atoms with van der Waals surface area (Å²) in [6, 6.07) is 0. The van der Waals surface area contributed by atoms with Gasteiger partial charge in [-0.15, -0.1) is 0 Å². The van der Waals surface area contributed by atoms with Crippen LogP contribution in [0.2, 0.25) is 0 Å². The maximum absolute atomic E-state index is 14.3. The van der Waals surface area contributed by atoms with Crippen molar-refractivity contribution in [2.75, 3.05) is 39.4 Å². The predicted octanol–water partition coefficient (Wildman–Crippen LogP) is 3.22. The Labute approximate surface area is 263 Å². The van der Waals surface area contributed by atoms with E-state index in [9.17, 15) is 23.6 Å². The van der Waals surface area contributed by atoms with Crippen LogP contribution in [0, 0.1) is 5.92 Å². The summed E-state index contributed by atoms with van der Waals surface area (Å²) in [6.07, 6.45) is -0.0371. The monoisotopic (exact) mass is 603 g/mol. The summed E-state index contributed by atoms with van der Waals surface area (Å²) in [5, 5.41) is 0. The number of ether oxygens (including phenoxy) is 4. The summed E-state index contributed by atoms with van der Waals surface area (Å²) >= 11 is 0. The molecule has 0 unspecified atom stereocenters. The van der Waals surface area contributed by atoms with Crippen molar-refractivity contribution in [3.05, 3.63) is 0 Å². The van der Waals surface area contributed by atoms with Gasteiger partial charge in [0.05, 0.1) is 19.1 Å². The Balaban J connectivity index is 0. The molecule has 0 saturated carbocycles. The van der Waals surface area contributed by atoms with Gasteiger partial charge in [-0.2, -0.15) is 0 Å². The minimum absolute atomic E-state index is 0. The number of likely N-dealkylation sites (tertiary alicyclic amines) is 2. The zero-order valence-electron chi connectivity index (χ0n) is 26.6. The molecule has 7 radical (unpaired) electrons. The second-order valence-electron chi connectivity index (χ2n) is 11.9. The third-order valence-corrected chi connectivity index (χ3v) is 5.84. The van der Waals surface area contributed by atoms with E-state index >= 15 is 0 Å². The Morgan fingerprint density at radius 3 is 1.53 bits per heavy atom. The average molecular weight is 603 g/mol. The molecule has 0 atom stereocenters. The van der Waals surface area contributed by atoms with Crippen LogP contribution in [0.3, 0.4) is 0 Å². The van der Waals surface area contributed by atoms with Crippen LogP contribution >= 0.6 is 0 Å². The molecule has 2 amide bonds. The summed E-state index contributed by atoms with van der Waals surface area (Å²) in [6.45, 7) is 16.3. The normalized spacial score (nSPS) is 16.4.